The molecule has 36 heavy (non-hydrogen) atoms. The minimum Gasteiger partial charge on any atom is -0.457 e. The molecule has 1 aliphatic carbocycles. The number of ether oxygens (including phenoxy) is 2. The highest BCUT2D eigenvalue weighted by molar-refractivity contribution is 6.32. The second kappa shape index (κ2) is 11.0. The van der Waals surface area contributed by atoms with Gasteiger partial charge in [0, 0.05) is 33.0 Å². The zero-order valence-corrected chi connectivity index (χ0v) is 20.3. The first-order valence-electron chi connectivity index (χ1n) is 10.7. The summed E-state index contributed by atoms with van der Waals surface area (Å²) in [7, 11) is 2.81. The van der Waals surface area contributed by atoms with Crippen LogP contribution in [0.1, 0.15) is 23.0 Å². The minimum atomic E-state index is -4.68. The normalized spacial score (nSPS) is 19.6. The monoisotopic (exact) mass is 524 g/mol. The van der Waals surface area contributed by atoms with Gasteiger partial charge in [-0.15, -0.1) is 0 Å². The lowest BCUT2D eigenvalue weighted by Crippen LogP contribution is -2.54. The van der Waals surface area contributed by atoms with E-state index in [0.717, 1.165) is 12.2 Å². The first-order valence-corrected chi connectivity index (χ1v) is 11.0. The van der Waals surface area contributed by atoms with Crippen LogP contribution in [0.15, 0.2) is 65.4 Å². The van der Waals surface area contributed by atoms with E-state index in [-0.39, 0.29) is 18.1 Å². The highest BCUT2D eigenvalue weighted by atomic mass is 35.5. The van der Waals surface area contributed by atoms with Crippen molar-refractivity contribution in [2.45, 2.75) is 31.3 Å². The van der Waals surface area contributed by atoms with Crippen molar-refractivity contribution >= 4 is 23.5 Å². The number of nitrogens with one attached hydrogen (secondary N) is 3. The number of nitrogens with zero attached hydrogens (tertiary/aromatic N) is 1. The number of methoxy groups -OCH3 is 1. The zero-order chi connectivity index (χ0) is 26.5. The van der Waals surface area contributed by atoms with Gasteiger partial charge in [-0.25, -0.2) is 4.79 Å². The second-order valence-electron chi connectivity index (χ2n) is 7.96. The van der Waals surface area contributed by atoms with Gasteiger partial charge in [-0.3, -0.25) is 9.78 Å². The smallest absolute Gasteiger partial charge is 0.417 e. The molecule has 2 aromatic rings. The molecule has 3 rings (SSSR count). The molecule has 3 amide bonds. The lowest BCUT2D eigenvalue weighted by Gasteiger charge is -2.36. The molecular weight excluding hydrogens is 501 g/mol. The van der Waals surface area contributed by atoms with E-state index in [4.69, 9.17) is 21.1 Å². The summed E-state index contributed by atoms with van der Waals surface area (Å²) in [4.78, 5) is 28.1. The highest BCUT2D eigenvalue weighted by Gasteiger charge is 2.44. The van der Waals surface area contributed by atoms with Gasteiger partial charge in [0.1, 0.15) is 22.8 Å². The number of allylic oxidation sites excluding steroid dienone is 2. The summed E-state index contributed by atoms with van der Waals surface area (Å²) >= 11 is 5.80. The third-order valence-electron chi connectivity index (χ3n) is 5.46. The van der Waals surface area contributed by atoms with Gasteiger partial charge < -0.3 is 25.4 Å². The van der Waals surface area contributed by atoms with E-state index in [1.54, 1.807) is 30.3 Å². The van der Waals surface area contributed by atoms with E-state index in [2.05, 4.69) is 20.9 Å². The molecule has 2 atom stereocenters. The Morgan fingerprint density at radius 3 is 2.47 bits per heavy atom. The Balaban J connectivity index is 1.60. The second-order valence-corrected chi connectivity index (χ2v) is 8.37. The fourth-order valence-electron chi connectivity index (χ4n) is 3.34. The molecule has 0 radical (unpaired) electrons. The van der Waals surface area contributed by atoms with E-state index in [9.17, 15) is 22.8 Å². The van der Waals surface area contributed by atoms with Gasteiger partial charge in [-0.05, 0) is 42.8 Å². The van der Waals surface area contributed by atoms with Gasteiger partial charge in [0.25, 0.3) is 5.91 Å². The molecule has 0 saturated carbocycles. The number of hydrogen-bond acceptors (Lipinski definition) is 5. The number of carbonyl (C=O) groups excluding carboxylic acids is 2. The maximum Gasteiger partial charge on any atom is 0.417 e. The van der Waals surface area contributed by atoms with Crippen molar-refractivity contribution in [3.05, 3.63) is 76.6 Å². The number of pyridine rings is 1. The van der Waals surface area contributed by atoms with Crippen LogP contribution in [0, 0.1) is 0 Å². The fraction of sp³-hybridized carbons (Fsp3) is 0.292. The van der Waals surface area contributed by atoms with Gasteiger partial charge in [0.15, 0.2) is 0 Å². The van der Waals surface area contributed by atoms with Crippen molar-refractivity contribution in [1.82, 2.24) is 20.9 Å². The summed E-state index contributed by atoms with van der Waals surface area (Å²) in [6, 6.07) is 8.06. The Morgan fingerprint density at radius 1 is 1.17 bits per heavy atom. The molecule has 8 nitrogen and oxygen atoms in total. The summed E-state index contributed by atoms with van der Waals surface area (Å²) in [6.45, 7) is 1.62. The topological polar surface area (TPSA) is 102 Å². The molecule has 0 saturated heterocycles. The first kappa shape index (κ1) is 27.0. The van der Waals surface area contributed by atoms with Gasteiger partial charge >= 0.3 is 12.2 Å². The number of urea groups is 1. The van der Waals surface area contributed by atoms with Crippen LogP contribution in [0.5, 0.6) is 11.5 Å². The van der Waals surface area contributed by atoms with Crippen molar-refractivity contribution in [1.29, 1.82) is 0 Å². The molecular formula is C24H24ClF3N4O4. The van der Waals surface area contributed by atoms with E-state index in [0.29, 0.717) is 17.1 Å². The molecule has 3 N–H and O–H groups in total. The summed E-state index contributed by atoms with van der Waals surface area (Å²) < 4.78 is 50.9. The lowest BCUT2D eigenvalue weighted by atomic mass is 9.88. The van der Waals surface area contributed by atoms with Gasteiger partial charge in [0.2, 0.25) is 0 Å². The Morgan fingerprint density at radius 2 is 1.86 bits per heavy atom. The van der Waals surface area contributed by atoms with E-state index in [1.807, 2.05) is 0 Å². The third kappa shape index (κ3) is 6.55. The molecule has 192 valence electrons. The molecule has 0 fully saturated rings. The van der Waals surface area contributed by atoms with Gasteiger partial charge in [0.05, 0.1) is 16.6 Å². The molecule has 1 aromatic carbocycles. The Kier molecular flexibility index (Phi) is 8.26. The predicted octanol–water partition coefficient (Wildman–Crippen LogP) is 4.43. The highest BCUT2D eigenvalue weighted by Crippen LogP contribution is 2.39. The maximum atomic E-state index is 13.3. The van der Waals surface area contributed by atoms with E-state index < -0.39 is 34.5 Å². The average Bonchev–Trinajstić information content (AvgIpc) is 2.84. The number of amides is 3. The van der Waals surface area contributed by atoms with Crippen molar-refractivity contribution in [3.8, 4) is 11.5 Å². The van der Waals surface area contributed by atoms with Gasteiger partial charge in [-0.2, -0.15) is 13.2 Å². The summed E-state index contributed by atoms with van der Waals surface area (Å²) in [6.07, 6.45) is -1.26. The number of benzene rings is 1. The number of aromatic nitrogens is 1. The molecule has 0 bridgehead atoms. The predicted molar refractivity (Wildman–Crippen MR) is 127 cm³/mol. The van der Waals surface area contributed by atoms with Crippen molar-refractivity contribution < 1.29 is 32.2 Å². The molecule has 1 heterocycles. The largest absolute Gasteiger partial charge is 0.457 e. The van der Waals surface area contributed by atoms with Crippen molar-refractivity contribution in [2.75, 3.05) is 14.2 Å². The Hall–Kier alpha value is -3.57. The van der Waals surface area contributed by atoms with Crippen molar-refractivity contribution in [2.24, 2.45) is 0 Å². The molecule has 0 aliphatic heterocycles. The third-order valence-corrected chi connectivity index (χ3v) is 5.77. The summed E-state index contributed by atoms with van der Waals surface area (Å²) in [5.74, 6) is 0.565. The summed E-state index contributed by atoms with van der Waals surface area (Å²) in [5, 5.41) is 7.09. The van der Waals surface area contributed by atoms with Crippen LogP contribution < -0.4 is 20.7 Å². The van der Waals surface area contributed by atoms with Crippen LogP contribution in [0.4, 0.5) is 18.0 Å². The lowest BCUT2D eigenvalue weighted by molar-refractivity contribution is -0.0904. The summed E-state index contributed by atoms with van der Waals surface area (Å²) in [5.41, 5.74) is -1.39. The van der Waals surface area contributed by atoms with Crippen LogP contribution in [0.2, 0.25) is 0 Å². The van der Waals surface area contributed by atoms with Crippen LogP contribution in [-0.2, 0) is 11.3 Å². The number of hydrogen-bond donors (Lipinski definition) is 3. The van der Waals surface area contributed by atoms with E-state index >= 15 is 0 Å². The number of alkyl halides is 3. The quantitative estimate of drug-likeness (QED) is 0.497. The van der Waals surface area contributed by atoms with Crippen LogP contribution in [0.25, 0.3) is 0 Å². The fourth-order valence-corrected chi connectivity index (χ4v) is 3.73. The zero-order valence-electron chi connectivity index (χ0n) is 19.6. The number of rotatable bonds is 7. The Bertz CT molecular complexity index is 1180. The molecule has 1 aliphatic rings. The number of carbonyl (C=O) groups is 2. The van der Waals surface area contributed by atoms with E-state index in [1.165, 1.54) is 33.3 Å². The first-order chi connectivity index (χ1) is 16.9. The molecule has 0 spiro atoms. The van der Waals surface area contributed by atoms with Crippen LogP contribution >= 0.6 is 11.6 Å². The SMILES string of the molecule is CNC(=O)c1cc(Oc2ccc(CNC(=O)NC3C=C(C(F)(F)F)C(Cl)=CC3(C)OC)cc2)ccn1. The average molecular weight is 525 g/mol. The minimum absolute atomic E-state index is 0.102. The standard InChI is InChI=1S/C24H24ClF3N4O4/c1-23(35-3)12-18(25)17(24(26,27)28)11-20(23)32-22(34)31-13-14-4-6-15(7-5-14)36-16-8-9-30-19(10-16)21(33)29-2/h4-12,20H,13H2,1-3H3,(H,29,33)(H2,31,32,34). The molecule has 2 unspecified atom stereocenters. The van der Waals surface area contributed by atoms with Gasteiger partial charge in [-0.1, -0.05) is 23.7 Å². The molecule has 1 aromatic heterocycles. The van der Waals surface area contributed by atoms with Crippen molar-refractivity contribution in [3.63, 3.8) is 0 Å². The maximum absolute atomic E-state index is 13.3. The molecule has 12 heteroatoms. The van der Waals surface area contributed by atoms with Crippen LogP contribution in [-0.4, -0.2) is 48.9 Å². The number of halogens is 4. The Labute approximate surface area is 210 Å². The van der Waals surface area contributed by atoms with Crippen LogP contribution in [0.3, 0.4) is 0 Å².